The van der Waals surface area contributed by atoms with E-state index in [4.69, 9.17) is 4.52 Å². The first-order valence-electron chi connectivity index (χ1n) is 7.94. The van der Waals surface area contributed by atoms with Crippen molar-refractivity contribution in [3.8, 4) is 5.69 Å². The summed E-state index contributed by atoms with van der Waals surface area (Å²) in [5.74, 6) is 0.0929. The quantitative estimate of drug-likeness (QED) is 0.774. The molecule has 0 atom stereocenters. The highest BCUT2D eigenvalue weighted by atomic mass is 19.1. The average Bonchev–Trinajstić information content (AvgIpc) is 3.10. The zero-order valence-corrected chi connectivity index (χ0v) is 14.3. The summed E-state index contributed by atoms with van der Waals surface area (Å²) in [6.45, 7) is 5.98. The van der Waals surface area contributed by atoms with E-state index in [9.17, 15) is 9.18 Å². The zero-order chi connectivity index (χ0) is 18.0. The molecule has 0 saturated heterocycles. The molecule has 0 radical (unpaired) electrons. The van der Waals surface area contributed by atoms with Gasteiger partial charge in [0.1, 0.15) is 11.6 Å². The zero-order valence-electron chi connectivity index (χ0n) is 14.3. The Balaban J connectivity index is 1.70. The maximum Gasteiger partial charge on any atom is 0.228 e. The van der Waals surface area contributed by atoms with Crippen LogP contribution in [0.3, 0.4) is 0 Å². The molecule has 0 aliphatic carbocycles. The van der Waals surface area contributed by atoms with Crippen LogP contribution in [0.1, 0.15) is 28.4 Å². The minimum atomic E-state index is -0.291. The van der Waals surface area contributed by atoms with Crippen molar-refractivity contribution in [3.63, 3.8) is 0 Å². The van der Waals surface area contributed by atoms with E-state index in [0.29, 0.717) is 12.3 Å². The highest BCUT2D eigenvalue weighted by Gasteiger charge is 2.14. The third-order valence-electron chi connectivity index (χ3n) is 3.99. The molecule has 0 bridgehead atoms. The van der Waals surface area contributed by atoms with Gasteiger partial charge in [-0.25, -0.2) is 9.07 Å². The third-order valence-corrected chi connectivity index (χ3v) is 3.99. The normalized spacial score (nSPS) is 10.9. The smallest absolute Gasteiger partial charge is 0.228 e. The predicted octanol–water partition coefficient (Wildman–Crippen LogP) is 2.78. The minimum absolute atomic E-state index is 0.144. The van der Waals surface area contributed by atoms with E-state index in [0.717, 1.165) is 28.3 Å². The van der Waals surface area contributed by atoms with Crippen LogP contribution in [0.2, 0.25) is 0 Å². The number of nitrogens with one attached hydrogen (secondary N) is 1. The fourth-order valence-corrected chi connectivity index (χ4v) is 2.67. The number of carbonyl (C=O) groups is 1. The standard InChI is InChI=1S/C18H19FN4O2/c1-11-8-16(25-22-11)9-18(24)20-10-17-12(2)21-23(13(17)3)15-6-4-14(19)5-7-15/h4-8H,9-10H2,1-3H3,(H,20,24). The van der Waals surface area contributed by atoms with Gasteiger partial charge in [-0.1, -0.05) is 5.16 Å². The highest BCUT2D eigenvalue weighted by molar-refractivity contribution is 5.77. The van der Waals surface area contributed by atoms with Crippen molar-refractivity contribution in [1.29, 1.82) is 0 Å². The number of rotatable bonds is 5. The molecule has 0 aliphatic rings. The number of hydrogen-bond donors (Lipinski definition) is 1. The molecule has 1 amide bonds. The number of carbonyl (C=O) groups excluding carboxylic acids is 1. The van der Waals surface area contributed by atoms with Crippen molar-refractivity contribution in [3.05, 3.63) is 64.6 Å². The van der Waals surface area contributed by atoms with Crippen LogP contribution in [0.15, 0.2) is 34.9 Å². The van der Waals surface area contributed by atoms with Crippen LogP contribution >= 0.6 is 0 Å². The van der Waals surface area contributed by atoms with E-state index in [1.54, 1.807) is 22.9 Å². The van der Waals surface area contributed by atoms with Gasteiger partial charge in [-0.05, 0) is 45.0 Å². The van der Waals surface area contributed by atoms with Crippen LogP contribution in [0.25, 0.3) is 5.69 Å². The van der Waals surface area contributed by atoms with Crippen LogP contribution in [0.4, 0.5) is 4.39 Å². The Hall–Kier alpha value is -2.96. The maximum absolute atomic E-state index is 13.1. The second kappa shape index (κ2) is 6.88. The maximum atomic E-state index is 13.1. The van der Waals surface area contributed by atoms with E-state index in [-0.39, 0.29) is 18.1 Å². The molecular formula is C18H19FN4O2. The lowest BCUT2D eigenvalue weighted by Crippen LogP contribution is -2.25. The molecule has 3 aromatic rings. The molecule has 3 rings (SSSR count). The van der Waals surface area contributed by atoms with Crippen LogP contribution < -0.4 is 5.32 Å². The number of hydrogen-bond acceptors (Lipinski definition) is 4. The van der Waals surface area contributed by atoms with Gasteiger partial charge in [-0.15, -0.1) is 0 Å². The van der Waals surface area contributed by atoms with Gasteiger partial charge in [0.2, 0.25) is 5.91 Å². The van der Waals surface area contributed by atoms with Crippen molar-refractivity contribution in [2.75, 3.05) is 0 Å². The number of halogens is 1. The molecule has 0 unspecified atom stereocenters. The van der Waals surface area contributed by atoms with Gasteiger partial charge in [-0.3, -0.25) is 4.79 Å². The summed E-state index contributed by atoms with van der Waals surface area (Å²) < 4.78 is 19.9. The minimum Gasteiger partial charge on any atom is -0.361 e. The fourth-order valence-electron chi connectivity index (χ4n) is 2.67. The summed E-state index contributed by atoms with van der Waals surface area (Å²) in [5.41, 5.74) is 4.18. The van der Waals surface area contributed by atoms with E-state index < -0.39 is 0 Å². The van der Waals surface area contributed by atoms with Crippen molar-refractivity contribution in [2.24, 2.45) is 0 Å². The van der Waals surface area contributed by atoms with Gasteiger partial charge in [0.25, 0.3) is 0 Å². The van der Waals surface area contributed by atoms with Gasteiger partial charge in [0, 0.05) is 23.9 Å². The lowest BCUT2D eigenvalue weighted by Gasteiger charge is -2.07. The Labute approximate surface area is 144 Å². The molecule has 2 heterocycles. The van der Waals surface area contributed by atoms with Crippen molar-refractivity contribution < 1.29 is 13.7 Å². The topological polar surface area (TPSA) is 73.0 Å². The summed E-state index contributed by atoms with van der Waals surface area (Å²) in [4.78, 5) is 12.1. The molecule has 0 saturated carbocycles. The van der Waals surface area contributed by atoms with Gasteiger partial charge >= 0.3 is 0 Å². The highest BCUT2D eigenvalue weighted by Crippen LogP contribution is 2.18. The van der Waals surface area contributed by atoms with Crippen LogP contribution in [-0.2, 0) is 17.8 Å². The molecule has 1 N–H and O–H groups in total. The van der Waals surface area contributed by atoms with E-state index in [1.807, 2.05) is 20.8 Å². The van der Waals surface area contributed by atoms with Crippen molar-refractivity contribution >= 4 is 5.91 Å². The predicted molar refractivity (Wildman–Crippen MR) is 89.8 cm³/mol. The number of benzene rings is 1. The Bertz CT molecular complexity index is 896. The summed E-state index contributed by atoms with van der Waals surface area (Å²) >= 11 is 0. The van der Waals surface area contributed by atoms with E-state index >= 15 is 0 Å². The molecule has 1 aromatic carbocycles. The molecule has 0 aliphatic heterocycles. The second-order valence-electron chi connectivity index (χ2n) is 5.93. The number of aryl methyl sites for hydroxylation is 2. The van der Waals surface area contributed by atoms with Gasteiger partial charge in [0.05, 0.1) is 23.5 Å². The lowest BCUT2D eigenvalue weighted by molar-refractivity contribution is -0.120. The number of nitrogens with zero attached hydrogens (tertiary/aromatic N) is 3. The van der Waals surface area contributed by atoms with Crippen LogP contribution in [-0.4, -0.2) is 20.8 Å². The number of amides is 1. The third kappa shape index (κ3) is 3.76. The molecule has 130 valence electrons. The average molecular weight is 342 g/mol. The molecule has 7 heteroatoms. The molecule has 6 nitrogen and oxygen atoms in total. The summed E-state index contributed by atoms with van der Waals surface area (Å²) in [5, 5.41) is 11.1. The Morgan fingerprint density at radius 3 is 2.60 bits per heavy atom. The first-order chi connectivity index (χ1) is 11.9. The van der Waals surface area contributed by atoms with Crippen molar-refractivity contribution in [1.82, 2.24) is 20.3 Å². The SMILES string of the molecule is Cc1cc(CC(=O)NCc2c(C)nn(-c3ccc(F)cc3)c2C)on1. The Morgan fingerprint density at radius 2 is 1.96 bits per heavy atom. The second-order valence-corrected chi connectivity index (χ2v) is 5.93. The number of aromatic nitrogens is 3. The van der Waals surface area contributed by atoms with E-state index in [1.165, 1.54) is 12.1 Å². The Morgan fingerprint density at radius 1 is 1.24 bits per heavy atom. The van der Waals surface area contributed by atoms with Crippen LogP contribution in [0.5, 0.6) is 0 Å². The Kier molecular flexibility index (Phi) is 4.65. The van der Waals surface area contributed by atoms with Crippen LogP contribution in [0, 0.1) is 26.6 Å². The molecule has 2 aromatic heterocycles. The van der Waals surface area contributed by atoms with Gasteiger partial charge in [0.15, 0.2) is 0 Å². The van der Waals surface area contributed by atoms with Gasteiger partial charge in [-0.2, -0.15) is 5.10 Å². The monoisotopic (exact) mass is 342 g/mol. The lowest BCUT2D eigenvalue weighted by atomic mass is 10.2. The summed E-state index contributed by atoms with van der Waals surface area (Å²) in [7, 11) is 0. The molecular weight excluding hydrogens is 323 g/mol. The summed E-state index contributed by atoms with van der Waals surface area (Å²) in [6, 6.07) is 7.87. The fraction of sp³-hybridized carbons (Fsp3) is 0.278. The molecule has 0 spiro atoms. The van der Waals surface area contributed by atoms with E-state index in [2.05, 4.69) is 15.6 Å². The molecule has 25 heavy (non-hydrogen) atoms. The largest absolute Gasteiger partial charge is 0.361 e. The van der Waals surface area contributed by atoms with Crippen molar-refractivity contribution in [2.45, 2.75) is 33.7 Å². The van der Waals surface area contributed by atoms with Gasteiger partial charge < -0.3 is 9.84 Å². The first-order valence-corrected chi connectivity index (χ1v) is 7.94. The first kappa shape index (κ1) is 16.9. The summed E-state index contributed by atoms with van der Waals surface area (Å²) in [6.07, 6.45) is 0.144. The molecule has 0 fully saturated rings.